The predicted molar refractivity (Wildman–Crippen MR) is 92.9 cm³/mol. The lowest BCUT2D eigenvalue weighted by Crippen LogP contribution is -2.52. The topological polar surface area (TPSA) is 49.9 Å². The molecule has 0 N–H and O–H groups in total. The van der Waals surface area contributed by atoms with Crippen molar-refractivity contribution in [3.63, 3.8) is 0 Å². The number of benzene rings is 1. The van der Waals surface area contributed by atoms with Crippen LogP contribution in [0.5, 0.6) is 5.75 Å². The van der Waals surface area contributed by atoms with Gasteiger partial charge in [-0.1, -0.05) is 19.1 Å². The summed E-state index contributed by atoms with van der Waals surface area (Å²) in [6, 6.07) is 7.29. The van der Waals surface area contributed by atoms with Crippen LogP contribution in [0.3, 0.4) is 0 Å². The highest BCUT2D eigenvalue weighted by molar-refractivity contribution is 7.80. The Kier molecular flexibility index (Phi) is 5.15. The van der Waals surface area contributed by atoms with E-state index in [1.54, 1.807) is 20.2 Å². The predicted octanol–water partition coefficient (Wildman–Crippen LogP) is 2.46. The van der Waals surface area contributed by atoms with Gasteiger partial charge >= 0.3 is 0 Å². The first-order valence-electron chi connectivity index (χ1n) is 7.43. The lowest BCUT2D eigenvalue weighted by Gasteiger charge is -2.31. The molecule has 122 valence electrons. The Hall–Kier alpha value is -2.21. The zero-order chi connectivity index (χ0) is 17.1. The number of thiocarbonyl (C=S) groups is 1. The van der Waals surface area contributed by atoms with E-state index in [1.807, 2.05) is 31.2 Å². The van der Waals surface area contributed by atoms with E-state index < -0.39 is 11.8 Å². The van der Waals surface area contributed by atoms with Crippen molar-refractivity contribution >= 4 is 35.2 Å². The maximum Gasteiger partial charge on any atom is 0.265 e. The molecule has 1 aromatic carbocycles. The Balaban J connectivity index is 2.25. The Morgan fingerprint density at radius 3 is 2.13 bits per heavy atom. The molecule has 23 heavy (non-hydrogen) atoms. The number of nitrogens with zero attached hydrogens (tertiary/aromatic N) is 2. The molecule has 0 aliphatic carbocycles. The first-order valence-corrected chi connectivity index (χ1v) is 7.84. The Labute approximate surface area is 141 Å². The second-order valence-electron chi connectivity index (χ2n) is 5.47. The van der Waals surface area contributed by atoms with Gasteiger partial charge in [-0.25, -0.2) is 0 Å². The molecule has 1 atom stereocenters. The highest BCUT2D eigenvalue weighted by Gasteiger charge is 2.35. The summed E-state index contributed by atoms with van der Waals surface area (Å²) in [4.78, 5) is 27.1. The zero-order valence-electron chi connectivity index (χ0n) is 13.7. The number of rotatable bonds is 4. The van der Waals surface area contributed by atoms with Gasteiger partial charge in [0.15, 0.2) is 5.11 Å². The van der Waals surface area contributed by atoms with Crippen molar-refractivity contribution in [1.29, 1.82) is 0 Å². The largest absolute Gasteiger partial charge is 0.491 e. The Bertz CT molecular complexity index is 641. The normalized spacial score (nSPS) is 16.7. The van der Waals surface area contributed by atoms with Gasteiger partial charge in [-0.15, -0.1) is 0 Å². The number of ether oxygens (including phenoxy) is 1. The molecule has 1 heterocycles. The van der Waals surface area contributed by atoms with Crippen LogP contribution < -0.4 is 4.74 Å². The van der Waals surface area contributed by atoms with Gasteiger partial charge in [0, 0.05) is 14.1 Å². The van der Waals surface area contributed by atoms with Crippen LogP contribution in [0, 0.1) is 0 Å². The fraction of sp³-hybridized carbons (Fsp3) is 0.353. The standard InChI is InChI=1S/C17H20N2O3S/c1-5-11(2)22-13-8-6-12(7-9-13)10-14-15(20)18(3)17(23)19(4)16(14)21/h6-11H,5H2,1-4H3/t11-/m1/s1. The molecule has 5 nitrogen and oxygen atoms in total. The van der Waals surface area contributed by atoms with Gasteiger partial charge < -0.3 is 4.74 Å². The highest BCUT2D eigenvalue weighted by Crippen LogP contribution is 2.20. The Morgan fingerprint density at radius 1 is 1.13 bits per heavy atom. The minimum absolute atomic E-state index is 0.0965. The fourth-order valence-electron chi connectivity index (χ4n) is 2.10. The smallest absolute Gasteiger partial charge is 0.265 e. The number of amides is 2. The molecule has 1 aliphatic heterocycles. The van der Waals surface area contributed by atoms with Crippen LogP contribution in [0.15, 0.2) is 29.8 Å². The lowest BCUT2D eigenvalue weighted by molar-refractivity contribution is -0.132. The summed E-state index contributed by atoms with van der Waals surface area (Å²) >= 11 is 5.06. The van der Waals surface area contributed by atoms with Gasteiger partial charge in [-0.2, -0.15) is 0 Å². The molecule has 1 aromatic rings. The van der Waals surface area contributed by atoms with Gasteiger partial charge in [0.05, 0.1) is 6.10 Å². The van der Waals surface area contributed by atoms with Crippen molar-refractivity contribution in [1.82, 2.24) is 9.80 Å². The molecule has 0 saturated carbocycles. The van der Waals surface area contributed by atoms with E-state index in [0.29, 0.717) is 0 Å². The number of hydrogen-bond acceptors (Lipinski definition) is 4. The van der Waals surface area contributed by atoms with Gasteiger partial charge in [0.1, 0.15) is 11.3 Å². The van der Waals surface area contributed by atoms with Gasteiger partial charge in [0.25, 0.3) is 11.8 Å². The Morgan fingerprint density at radius 2 is 1.65 bits per heavy atom. The molecule has 0 bridgehead atoms. The number of likely N-dealkylation sites (N-methyl/N-ethyl adjacent to an activating group) is 2. The molecule has 2 rings (SSSR count). The van der Waals surface area contributed by atoms with Crippen LogP contribution in [0.25, 0.3) is 6.08 Å². The zero-order valence-corrected chi connectivity index (χ0v) is 14.5. The number of carbonyl (C=O) groups is 2. The first-order chi connectivity index (χ1) is 10.8. The summed E-state index contributed by atoms with van der Waals surface area (Å²) in [5, 5.41) is 0.203. The maximum atomic E-state index is 12.2. The van der Waals surface area contributed by atoms with E-state index >= 15 is 0 Å². The van der Waals surface area contributed by atoms with Crippen LogP contribution in [-0.2, 0) is 9.59 Å². The molecule has 2 amide bonds. The molecule has 1 fully saturated rings. The van der Waals surface area contributed by atoms with Crippen LogP contribution in [-0.4, -0.2) is 46.9 Å². The maximum absolute atomic E-state index is 12.2. The number of hydrogen-bond donors (Lipinski definition) is 0. The first kappa shape index (κ1) is 17.1. The second kappa shape index (κ2) is 6.91. The minimum atomic E-state index is -0.391. The third-order valence-corrected chi connectivity index (χ3v) is 4.29. The molecular formula is C17H20N2O3S. The van der Waals surface area contributed by atoms with Crippen molar-refractivity contribution in [2.24, 2.45) is 0 Å². The summed E-state index contributed by atoms with van der Waals surface area (Å²) in [6.45, 7) is 4.06. The summed E-state index contributed by atoms with van der Waals surface area (Å²) < 4.78 is 5.71. The summed E-state index contributed by atoms with van der Waals surface area (Å²) in [5.74, 6) is -0.0192. The highest BCUT2D eigenvalue weighted by atomic mass is 32.1. The minimum Gasteiger partial charge on any atom is -0.491 e. The van der Waals surface area contributed by atoms with E-state index in [9.17, 15) is 9.59 Å². The second-order valence-corrected chi connectivity index (χ2v) is 5.84. The SMILES string of the molecule is CC[C@@H](C)Oc1ccc(C=C2C(=O)N(C)C(=S)N(C)C2=O)cc1. The van der Waals surface area contributed by atoms with Crippen molar-refractivity contribution < 1.29 is 14.3 Å². The van der Waals surface area contributed by atoms with E-state index in [-0.39, 0.29) is 16.8 Å². The lowest BCUT2D eigenvalue weighted by atomic mass is 10.1. The van der Waals surface area contributed by atoms with E-state index in [0.717, 1.165) is 17.7 Å². The van der Waals surface area contributed by atoms with Gasteiger partial charge in [0.2, 0.25) is 0 Å². The number of carbonyl (C=O) groups excluding carboxylic acids is 2. The van der Waals surface area contributed by atoms with Gasteiger partial charge in [-0.05, 0) is 49.3 Å². The van der Waals surface area contributed by atoms with Crippen molar-refractivity contribution in [3.05, 3.63) is 35.4 Å². The van der Waals surface area contributed by atoms with Crippen LogP contribution in [0.1, 0.15) is 25.8 Å². The van der Waals surface area contributed by atoms with E-state index in [4.69, 9.17) is 17.0 Å². The molecular weight excluding hydrogens is 312 g/mol. The molecule has 1 aliphatic rings. The van der Waals surface area contributed by atoms with E-state index in [2.05, 4.69) is 6.92 Å². The summed E-state index contributed by atoms with van der Waals surface area (Å²) in [7, 11) is 3.12. The molecule has 1 saturated heterocycles. The third kappa shape index (κ3) is 3.59. The average molecular weight is 332 g/mol. The summed E-state index contributed by atoms with van der Waals surface area (Å²) in [6.07, 6.45) is 2.64. The van der Waals surface area contributed by atoms with Crippen LogP contribution >= 0.6 is 12.2 Å². The molecule has 6 heteroatoms. The monoisotopic (exact) mass is 332 g/mol. The molecule has 0 unspecified atom stereocenters. The quantitative estimate of drug-likeness (QED) is 0.483. The molecule has 0 spiro atoms. The average Bonchev–Trinajstić information content (AvgIpc) is 2.56. The third-order valence-electron chi connectivity index (χ3n) is 3.75. The van der Waals surface area contributed by atoms with Crippen molar-refractivity contribution in [2.45, 2.75) is 26.4 Å². The van der Waals surface area contributed by atoms with Crippen molar-refractivity contribution in [2.75, 3.05) is 14.1 Å². The van der Waals surface area contributed by atoms with E-state index in [1.165, 1.54) is 9.80 Å². The van der Waals surface area contributed by atoms with Crippen LogP contribution in [0.4, 0.5) is 0 Å². The van der Waals surface area contributed by atoms with Crippen LogP contribution in [0.2, 0.25) is 0 Å². The molecule has 0 aromatic heterocycles. The van der Waals surface area contributed by atoms with Crippen molar-refractivity contribution in [3.8, 4) is 5.75 Å². The molecule has 0 radical (unpaired) electrons. The fourth-order valence-corrected chi connectivity index (χ4v) is 2.27. The van der Waals surface area contributed by atoms with Gasteiger partial charge in [-0.3, -0.25) is 19.4 Å². The summed E-state index contributed by atoms with van der Waals surface area (Å²) in [5.41, 5.74) is 0.854.